The summed E-state index contributed by atoms with van der Waals surface area (Å²) in [6.07, 6.45) is 8.15. The Morgan fingerprint density at radius 1 is 1.77 bits per heavy atom. The molecule has 0 aromatic rings. The van der Waals surface area contributed by atoms with Gasteiger partial charge in [0, 0.05) is 17.9 Å². The number of nitrogens with one attached hydrogen (secondary N) is 2. The lowest BCUT2D eigenvalue weighted by atomic mass is 10.1. The van der Waals surface area contributed by atoms with Crippen LogP contribution in [-0.4, -0.2) is 6.04 Å². The monoisotopic (exact) mass is 183 g/mol. The van der Waals surface area contributed by atoms with Gasteiger partial charge in [-0.25, -0.2) is 5.54 Å². The summed E-state index contributed by atoms with van der Waals surface area (Å²) in [5, 5.41) is 2.95. The molecule has 0 saturated carbocycles. The summed E-state index contributed by atoms with van der Waals surface area (Å²) in [6, 6.07) is 0.106. The number of nitrogens with two attached hydrogens (primary N) is 1. The van der Waals surface area contributed by atoms with Crippen LogP contribution >= 0.6 is 0 Å². The van der Waals surface area contributed by atoms with Crippen molar-refractivity contribution in [2.24, 2.45) is 5.73 Å². The molecule has 13 heavy (non-hydrogen) atoms. The lowest BCUT2D eigenvalue weighted by Gasteiger charge is -2.11. The molecule has 0 bridgehead atoms. The van der Waals surface area contributed by atoms with Gasteiger partial charge in [0.2, 0.25) is 0 Å². The Morgan fingerprint density at radius 2 is 2.54 bits per heavy atom. The summed E-state index contributed by atoms with van der Waals surface area (Å²) in [6.45, 7) is 1.63. The van der Waals surface area contributed by atoms with E-state index in [0.717, 1.165) is 12.1 Å². The topological polar surface area (TPSA) is 50.1 Å². The molecule has 1 rings (SSSR count). The number of rotatable bonds is 3. The molecule has 0 aliphatic heterocycles. The molecular formula is C9H14FN3. The van der Waals surface area contributed by atoms with E-state index in [1.165, 1.54) is 5.54 Å². The van der Waals surface area contributed by atoms with Gasteiger partial charge in [-0.3, -0.25) is 0 Å². The van der Waals surface area contributed by atoms with Crippen LogP contribution < -0.4 is 16.6 Å². The van der Waals surface area contributed by atoms with Crippen molar-refractivity contribution in [1.82, 2.24) is 10.9 Å². The predicted molar refractivity (Wildman–Crippen MR) is 51.0 cm³/mol. The van der Waals surface area contributed by atoms with Crippen LogP contribution in [0.4, 0.5) is 4.48 Å². The predicted octanol–water partition coefficient (Wildman–Crippen LogP) is 1.08. The first-order valence-electron chi connectivity index (χ1n) is 4.16. The Morgan fingerprint density at radius 3 is 3.08 bits per heavy atom. The fourth-order valence-corrected chi connectivity index (χ4v) is 0.963. The van der Waals surface area contributed by atoms with E-state index in [1.807, 2.05) is 18.2 Å². The molecule has 0 amide bonds. The summed E-state index contributed by atoms with van der Waals surface area (Å²) < 4.78 is 11.8. The molecule has 0 fully saturated rings. The number of hydrogen-bond donors (Lipinski definition) is 3. The van der Waals surface area contributed by atoms with Crippen molar-refractivity contribution in [3.8, 4) is 0 Å². The first-order valence-corrected chi connectivity index (χ1v) is 4.16. The lowest BCUT2D eigenvalue weighted by Crippen LogP contribution is -2.20. The summed E-state index contributed by atoms with van der Waals surface area (Å²) in [5.41, 5.74) is 8.54. The van der Waals surface area contributed by atoms with Gasteiger partial charge in [0.15, 0.2) is 0 Å². The maximum absolute atomic E-state index is 11.8. The Balaban J connectivity index is 2.43. The fraction of sp³-hybridized carbons (Fsp3) is 0.333. The van der Waals surface area contributed by atoms with Crippen LogP contribution in [-0.2, 0) is 0 Å². The highest BCUT2D eigenvalue weighted by Crippen LogP contribution is 2.06. The second-order valence-electron chi connectivity index (χ2n) is 2.98. The summed E-state index contributed by atoms with van der Waals surface area (Å²) >= 11 is 0. The van der Waals surface area contributed by atoms with Crippen LogP contribution in [0.2, 0.25) is 0 Å². The fourth-order valence-electron chi connectivity index (χ4n) is 0.963. The zero-order valence-corrected chi connectivity index (χ0v) is 7.55. The molecule has 1 atom stereocenters. The molecule has 3 nitrogen and oxygen atoms in total. The van der Waals surface area contributed by atoms with Gasteiger partial charge in [0.1, 0.15) is 0 Å². The quantitative estimate of drug-likeness (QED) is 0.574. The maximum atomic E-state index is 11.8. The number of halogens is 1. The number of hydrogen-bond acceptors (Lipinski definition) is 3. The van der Waals surface area contributed by atoms with Crippen molar-refractivity contribution in [2.45, 2.75) is 19.4 Å². The van der Waals surface area contributed by atoms with Crippen molar-refractivity contribution in [1.29, 1.82) is 0 Å². The van der Waals surface area contributed by atoms with Crippen LogP contribution in [0.1, 0.15) is 13.3 Å². The first kappa shape index (κ1) is 9.80. The van der Waals surface area contributed by atoms with Crippen LogP contribution in [0.5, 0.6) is 0 Å². The van der Waals surface area contributed by atoms with Gasteiger partial charge in [0.25, 0.3) is 0 Å². The minimum absolute atomic E-state index is 0.106. The maximum Gasteiger partial charge on any atom is 0.0558 e. The van der Waals surface area contributed by atoms with Crippen molar-refractivity contribution < 1.29 is 4.48 Å². The SMILES string of the molecule is C/C(=C/NC1=CCC(N)C=C1)NF. The zero-order valence-electron chi connectivity index (χ0n) is 7.55. The standard InChI is InChI=1S/C9H14FN3/c1-7(13-10)6-12-9-4-2-8(11)3-5-9/h2,4-6,8,12-13H,3,11H2,1H3/b7-6-. The average Bonchev–Trinajstić information content (AvgIpc) is 2.16. The van der Waals surface area contributed by atoms with Gasteiger partial charge in [-0.1, -0.05) is 12.2 Å². The molecule has 4 heteroatoms. The van der Waals surface area contributed by atoms with E-state index in [9.17, 15) is 4.48 Å². The van der Waals surface area contributed by atoms with Gasteiger partial charge < -0.3 is 11.1 Å². The Bertz CT molecular complexity index is 256. The van der Waals surface area contributed by atoms with E-state index >= 15 is 0 Å². The van der Waals surface area contributed by atoms with Crippen LogP contribution in [0.15, 0.2) is 35.8 Å². The van der Waals surface area contributed by atoms with Crippen molar-refractivity contribution in [3.05, 3.63) is 35.8 Å². The second kappa shape index (κ2) is 4.67. The summed E-state index contributed by atoms with van der Waals surface area (Å²) in [7, 11) is 0. The van der Waals surface area contributed by atoms with Gasteiger partial charge in [-0.15, -0.1) is 4.48 Å². The molecular weight excluding hydrogens is 169 g/mol. The minimum atomic E-state index is 0.106. The van der Waals surface area contributed by atoms with Gasteiger partial charge in [-0.2, -0.15) is 0 Å². The highest BCUT2D eigenvalue weighted by atomic mass is 19.2. The minimum Gasteiger partial charge on any atom is -0.360 e. The van der Waals surface area contributed by atoms with Crippen LogP contribution in [0.3, 0.4) is 0 Å². The average molecular weight is 183 g/mol. The third-order valence-electron chi connectivity index (χ3n) is 1.74. The highest BCUT2D eigenvalue weighted by Gasteiger charge is 2.01. The first-order chi connectivity index (χ1) is 6.22. The molecule has 1 aliphatic rings. The molecule has 0 heterocycles. The molecule has 0 aromatic heterocycles. The summed E-state index contributed by atoms with van der Waals surface area (Å²) in [5.74, 6) is 0. The van der Waals surface area contributed by atoms with Crippen molar-refractivity contribution in [2.75, 3.05) is 0 Å². The Kier molecular flexibility index (Phi) is 3.52. The third kappa shape index (κ3) is 3.29. The van der Waals surface area contributed by atoms with Gasteiger partial charge in [0.05, 0.1) is 5.70 Å². The van der Waals surface area contributed by atoms with Gasteiger partial charge >= 0.3 is 0 Å². The lowest BCUT2D eigenvalue weighted by molar-refractivity contribution is 0.384. The molecule has 1 unspecified atom stereocenters. The van der Waals surface area contributed by atoms with E-state index in [2.05, 4.69) is 5.32 Å². The largest absolute Gasteiger partial charge is 0.360 e. The smallest absolute Gasteiger partial charge is 0.0558 e. The van der Waals surface area contributed by atoms with Crippen LogP contribution in [0.25, 0.3) is 0 Å². The molecule has 0 saturated heterocycles. The highest BCUT2D eigenvalue weighted by molar-refractivity contribution is 5.25. The van der Waals surface area contributed by atoms with Crippen molar-refractivity contribution >= 4 is 0 Å². The van der Waals surface area contributed by atoms with Gasteiger partial charge in [-0.05, 0) is 19.4 Å². The molecule has 72 valence electrons. The molecule has 0 radical (unpaired) electrons. The Hall–Kier alpha value is -1.29. The van der Waals surface area contributed by atoms with E-state index in [0.29, 0.717) is 5.70 Å². The summed E-state index contributed by atoms with van der Waals surface area (Å²) in [4.78, 5) is 0. The van der Waals surface area contributed by atoms with E-state index < -0.39 is 0 Å². The third-order valence-corrected chi connectivity index (χ3v) is 1.74. The van der Waals surface area contributed by atoms with Crippen LogP contribution in [0, 0.1) is 0 Å². The normalized spacial score (nSPS) is 22.5. The molecule has 0 spiro atoms. The molecule has 0 aromatic carbocycles. The van der Waals surface area contributed by atoms with E-state index in [4.69, 9.17) is 5.73 Å². The second-order valence-corrected chi connectivity index (χ2v) is 2.98. The Labute approximate surface area is 77.1 Å². The van der Waals surface area contributed by atoms with E-state index in [-0.39, 0.29) is 6.04 Å². The van der Waals surface area contributed by atoms with E-state index in [1.54, 1.807) is 13.1 Å². The van der Waals surface area contributed by atoms with Crippen molar-refractivity contribution in [3.63, 3.8) is 0 Å². The zero-order chi connectivity index (χ0) is 9.68. The molecule has 4 N–H and O–H groups in total. The number of allylic oxidation sites excluding steroid dienone is 2. The molecule has 1 aliphatic carbocycles.